The average molecular weight is 381 g/mol. The third-order valence-electron chi connectivity index (χ3n) is 4.43. The molecule has 0 saturated carbocycles. The zero-order chi connectivity index (χ0) is 19.8. The molecule has 0 radical (unpaired) electrons. The van der Waals surface area contributed by atoms with Crippen LogP contribution >= 0.6 is 0 Å². The number of H-pyrrole nitrogens is 1. The van der Waals surface area contributed by atoms with Crippen molar-refractivity contribution in [1.82, 2.24) is 14.9 Å². The molecule has 1 aliphatic rings. The first-order valence-corrected chi connectivity index (χ1v) is 9.22. The quantitative estimate of drug-likeness (QED) is 0.348. The Kier molecular flexibility index (Phi) is 7.96. The van der Waals surface area contributed by atoms with Gasteiger partial charge in [-0.3, -0.25) is 19.1 Å². The summed E-state index contributed by atoms with van der Waals surface area (Å²) in [5.41, 5.74) is -1.20. The molecule has 0 bridgehead atoms. The fourth-order valence-corrected chi connectivity index (χ4v) is 2.87. The van der Waals surface area contributed by atoms with Crippen LogP contribution in [-0.4, -0.2) is 51.0 Å². The standard InChI is InChI=1S/C18H27N3O6/c1-2-3-4-5-8-19-15(24)7-6-12-10-21(18(26)20-17(12)25)16-9-13(23)14(11-22)27-16/h6-7,10,13-14,16,22-23H,2-5,8-9,11H2,1H3,(H,19,24)(H,20,25,26)/b7-6+/t13?,14-,16-/m1/s1. The zero-order valence-corrected chi connectivity index (χ0v) is 15.4. The predicted octanol–water partition coefficient (Wildman–Crippen LogP) is -0.113. The highest BCUT2D eigenvalue weighted by Gasteiger charge is 2.35. The second kappa shape index (κ2) is 10.2. The Morgan fingerprint density at radius 2 is 2.19 bits per heavy atom. The van der Waals surface area contributed by atoms with Crippen molar-refractivity contribution in [2.45, 2.75) is 57.5 Å². The maximum absolute atomic E-state index is 12.0. The van der Waals surface area contributed by atoms with Gasteiger partial charge in [0, 0.05) is 25.2 Å². The van der Waals surface area contributed by atoms with Crippen molar-refractivity contribution in [3.63, 3.8) is 0 Å². The zero-order valence-electron chi connectivity index (χ0n) is 15.4. The van der Waals surface area contributed by atoms with Crippen molar-refractivity contribution in [1.29, 1.82) is 0 Å². The number of ether oxygens (including phenoxy) is 1. The predicted molar refractivity (Wildman–Crippen MR) is 99.1 cm³/mol. The molecule has 0 spiro atoms. The molecule has 9 heteroatoms. The summed E-state index contributed by atoms with van der Waals surface area (Å²) in [6.07, 6.45) is 5.64. The summed E-state index contributed by atoms with van der Waals surface area (Å²) in [7, 11) is 0. The molecule has 3 atom stereocenters. The molecule has 1 amide bonds. The number of aliphatic hydroxyl groups excluding tert-OH is 2. The largest absolute Gasteiger partial charge is 0.394 e. The summed E-state index contributed by atoms with van der Waals surface area (Å²) in [5.74, 6) is -0.323. The van der Waals surface area contributed by atoms with E-state index < -0.39 is 29.7 Å². The van der Waals surface area contributed by atoms with Gasteiger partial charge in [-0.25, -0.2) is 4.79 Å². The molecule has 0 aromatic carbocycles. The van der Waals surface area contributed by atoms with Gasteiger partial charge in [0.05, 0.1) is 18.3 Å². The molecule has 4 N–H and O–H groups in total. The van der Waals surface area contributed by atoms with E-state index in [4.69, 9.17) is 9.84 Å². The number of carbonyl (C=O) groups is 1. The van der Waals surface area contributed by atoms with E-state index in [9.17, 15) is 19.5 Å². The highest BCUT2D eigenvalue weighted by Crippen LogP contribution is 2.27. The molecule has 1 aliphatic heterocycles. The lowest BCUT2D eigenvalue weighted by Gasteiger charge is -2.14. The van der Waals surface area contributed by atoms with E-state index in [-0.39, 0.29) is 24.5 Å². The van der Waals surface area contributed by atoms with Gasteiger partial charge >= 0.3 is 5.69 Å². The lowest BCUT2D eigenvalue weighted by Crippen LogP contribution is -2.33. The molecule has 1 aromatic heterocycles. The normalized spacial score (nSPS) is 22.4. The van der Waals surface area contributed by atoms with Gasteiger partial charge in [0.15, 0.2) is 0 Å². The summed E-state index contributed by atoms with van der Waals surface area (Å²) < 4.78 is 6.57. The molecule has 1 unspecified atom stereocenters. The summed E-state index contributed by atoms with van der Waals surface area (Å²) in [5, 5.41) is 21.7. The Labute approximate surface area is 156 Å². The average Bonchev–Trinajstić information content (AvgIpc) is 3.01. The lowest BCUT2D eigenvalue weighted by atomic mass is 10.2. The van der Waals surface area contributed by atoms with Crippen LogP contribution in [0.15, 0.2) is 21.9 Å². The second-order valence-corrected chi connectivity index (χ2v) is 6.55. The number of nitrogens with one attached hydrogen (secondary N) is 2. The van der Waals surface area contributed by atoms with Crippen LogP contribution in [0.3, 0.4) is 0 Å². The van der Waals surface area contributed by atoms with Crippen molar-refractivity contribution in [2.24, 2.45) is 0 Å². The number of hydrogen-bond acceptors (Lipinski definition) is 6. The molecular weight excluding hydrogens is 354 g/mol. The smallest absolute Gasteiger partial charge is 0.330 e. The number of aliphatic hydroxyl groups is 2. The minimum absolute atomic E-state index is 0.110. The first-order chi connectivity index (χ1) is 13.0. The minimum atomic E-state index is -0.906. The van der Waals surface area contributed by atoms with Gasteiger partial charge in [-0.05, 0) is 12.5 Å². The summed E-state index contributed by atoms with van der Waals surface area (Å²) in [6.45, 7) is 2.30. The number of aromatic amines is 1. The molecule has 1 saturated heterocycles. The molecule has 27 heavy (non-hydrogen) atoms. The highest BCUT2D eigenvalue weighted by atomic mass is 16.5. The molecule has 150 valence electrons. The van der Waals surface area contributed by atoms with Gasteiger partial charge in [0.2, 0.25) is 5.91 Å². The maximum atomic E-state index is 12.0. The number of amides is 1. The van der Waals surface area contributed by atoms with Crippen LogP contribution in [0.25, 0.3) is 6.08 Å². The van der Waals surface area contributed by atoms with Gasteiger partial charge in [-0.2, -0.15) is 0 Å². The van der Waals surface area contributed by atoms with E-state index in [0.29, 0.717) is 6.54 Å². The van der Waals surface area contributed by atoms with Gasteiger partial charge in [-0.15, -0.1) is 0 Å². The highest BCUT2D eigenvalue weighted by molar-refractivity contribution is 5.91. The van der Waals surface area contributed by atoms with E-state index in [1.54, 1.807) is 0 Å². The maximum Gasteiger partial charge on any atom is 0.330 e. The van der Waals surface area contributed by atoms with E-state index in [1.165, 1.54) is 18.3 Å². The number of carbonyl (C=O) groups excluding carboxylic acids is 1. The van der Waals surface area contributed by atoms with Crippen LogP contribution in [0.5, 0.6) is 0 Å². The van der Waals surface area contributed by atoms with Crippen molar-refractivity contribution >= 4 is 12.0 Å². The molecule has 2 rings (SSSR count). The van der Waals surface area contributed by atoms with Crippen LogP contribution in [0.1, 0.15) is 50.8 Å². The first kappa shape index (κ1) is 21.1. The van der Waals surface area contributed by atoms with Gasteiger partial charge < -0.3 is 20.3 Å². The van der Waals surface area contributed by atoms with Crippen LogP contribution in [0.4, 0.5) is 0 Å². The number of aromatic nitrogens is 2. The summed E-state index contributed by atoms with van der Waals surface area (Å²) >= 11 is 0. The van der Waals surface area contributed by atoms with E-state index >= 15 is 0 Å². The lowest BCUT2D eigenvalue weighted by molar-refractivity contribution is -0.116. The molecular formula is C18H27N3O6. The van der Waals surface area contributed by atoms with Crippen molar-refractivity contribution in [2.75, 3.05) is 13.2 Å². The minimum Gasteiger partial charge on any atom is -0.394 e. The Bertz CT molecular complexity index is 769. The Balaban J connectivity index is 2.04. The molecule has 2 heterocycles. The fraction of sp³-hybridized carbons (Fsp3) is 0.611. The topological polar surface area (TPSA) is 134 Å². The molecule has 9 nitrogen and oxygen atoms in total. The first-order valence-electron chi connectivity index (χ1n) is 9.22. The SMILES string of the molecule is CCCCCCNC(=O)/C=C/c1cn([C@H]2CC(O)[C@@H](CO)O2)c(=O)[nH]c1=O. The van der Waals surface area contributed by atoms with Crippen LogP contribution in [0.2, 0.25) is 0 Å². The Morgan fingerprint density at radius 3 is 2.85 bits per heavy atom. The van der Waals surface area contributed by atoms with Crippen LogP contribution in [0, 0.1) is 0 Å². The molecule has 0 aliphatic carbocycles. The second-order valence-electron chi connectivity index (χ2n) is 6.55. The van der Waals surface area contributed by atoms with E-state index in [0.717, 1.165) is 30.3 Å². The van der Waals surface area contributed by atoms with Crippen molar-refractivity contribution < 1.29 is 19.7 Å². The number of nitrogens with zero attached hydrogens (tertiary/aromatic N) is 1. The van der Waals surface area contributed by atoms with Gasteiger partial charge in [0.1, 0.15) is 12.3 Å². The number of rotatable bonds is 9. The summed E-state index contributed by atoms with van der Waals surface area (Å²) in [6, 6.07) is 0. The monoisotopic (exact) mass is 381 g/mol. The number of unbranched alkanes of at least 4 members (excludes halogenated alkanes) is 3. The molecule has 1 fully saturated rings. The van der Waals surface area contributed by atoms with Gasteiger partial charge in [-0.1, -0.05) is 26.2 Å². The Hall–Kier alpha value is -2.23. The van der Waals surface area contributed by atoms with Crippen LogP contribution in [-0.2, 0) is 9.53 Å². The Morgan fingerprint density at radius 1 is 1.41 bits per heavy atom. The van der Waals surface area contributed by atoms with Crippen molar-refractivity contribution in [3.8, 4) is 0 Å². The van der Waals surface area contributed by atoms with E-state index in [1.807, 2.05) is 0 Å². The fourth-order valence-electron chi connectivity index (χ4n) is 2.87. The summed E-state index contributed by atoms with van der Waals surface area (Å²) in [4.78, 5) is 38.0. The molecule has 1 aromatic rings. The third-order valence-corrected chi connectivity index (χ3v) is 4.43. The third kappa shape index (κ3) is 5.88. The van der Waals surface area contributed by atoms with Crippen molar-refractivity contribution in [3.05, 3.63) is 38.7 Å². The van der Waals surface area contributed by atoms with Gasteiger partial charge in [0.25, 0.3) is 5.56 Å². The van der Waals surface area contributed by atoms with E-state index in [2.05, 4.69) is 17.2 Å². The van der Waals surface area contributed by atoms with Crippen LogP contribution < -0.4 is 16.6 Å². The number of hydrogen-bond donors (Lipinski definition) is 4.